The second kappa shape index (κ2) is 12.9. The Balaban J connectivity index is 0.000000303. The smallest absolute Gasteiger partial charge is 0.203 e. The molecule has 5 nitrogen and oxygen atoms in total. The van der Waals surface area contributed by atoms with Crippen molar-refractivity contribution >= 4 is 35.6 Å². The van der Waals surface area contributed by atoms with Crippen LogP contribution in [0.2, 0.25) is 5.02 Å². The molecule has 30 heavy (non-hydrogen) atoms. The van der Waals surface area contributed by atoms with Gasteiger partial charge in [-0.1, -0.05) is 55.2 Å². The summed E-state index contributed by atoms with van der Waals surface area (Å²) in [6, 6.07) is 6.87. The second-order valence-corrected chi connectivity index (χ2v) is 9.97. The van der Waals surface area contributed by atoms with Crippen molar-refractivity contribution in [3.8, 4) is 10.6 Å². The van der Waals surface area contributed by atoms with E-state index in [0.717, 1.165) is 33.4 Å². The van der Waals surface area contributed by atoms with Crippen LogP contribution in [-0.4, -0.2) is 53.9 Å². The lowest BCUT2D eigenvalue weighted by atomic mass is 9.96. The van der Waals surface area contributed by atoms with Crippen LogP contribution in [0.3, 0.4) is 0 Å². The van der Waals surface area contributed by atoms with Gasteiger partial charge in [-0.3, -0.25) is 4.99 Å². The molecule has 8 heteroatoms. The van der Waals surface area contributed by atoms with Crippen molar-refractivity contribution in [3.05, 3.63) is 28.0 Å². The van der Waals surface area contributed by atoms with Crippen molar-refractivity contribution in [1.29, 1.82) is 0 Å². The van der Waals surface area contributed by atoms with Gasteiger partial charge in [0.2, 0.25) is 4.80 Å². The highest BCUT2D eigenvalue weighted by molar-refractivity contribution is 7.80. The van der Waals surface area contributed by atoms with E-state index in [0.29, 0.717) is 17.1 Å². The van der Waals surface area contributed by atoms with Crippen LogP contribution in [0.5, 0.6) is 0 Å². The number of rotatable bonds is 6. The molecule has 1 atom stereocenters. The molecule has 1 fully saturated rings. The van der Waals surface area contributed by atoms with Gasteiger partial charge in [0.25, 0.3) is 0 Å². The first-order valence-electron chi connectivity index (χ1n) is 10.7. The Kier molecular flexibility index (Phi) is 10.9. The van der Waals surface area contributed by atoms with Crippen molar-refractivity contribution in [2.24, 2.45) is 12.0 Å². The van der Waals surface area contributed by atoms with Crippen LogP contribution >= 0.6 is 35.6 Å². The molecule has 1 aliphatic rings. The van der Waals surface area contributed by atoms with Gasteiger partial charge in [0.15, 0.2) is 0 Å². The summed E-state index contributed by atoms with van der Waals surface area (Å²) in [6.45, 7) is 6.51. The van der Waals surface area contributed by atoms with Crippen molar-refractivity contribution in [3.63, 3.8) is 0 Å². The minimum atomic E-state index is 0.462. The summed E-state index contributed by atoms with van der Waals surface area (Å²) in [5.74, 6) is 0. The number of nitrogens with zero attached hydrogens (tertiary/aromatic N) is 4. The molecule has 0 radical (unpaired) electrons. The summed E-state index contributed by atoms with van der Waals surface area (Å²) >= 11 is 12.0. The predicted octanol–water partition coefficient (Wildman–Crippen LogP) is 4.87. The lowest BCUT2D eigenvalue weighted by molar-refractivity contribution is 0.353. The molecule has 168 valence electrons. The van der Waals surface area contributed by atoms with Gasteiger partial charge in [-0.05, 0) is 52.5 Å². The Hall–Kier alpha value is -0.860. The fraction of sp³-hybridized carbons (Fsp3) is 0.636. The Bertz CT molecular complexity index is 840. The predicted molar refractivity (Wildman–Crippen MR) is 133 cm³/mol. The molecule has 1 aliphatic carbocycles. The van der Waals surface area contributed by atoms with E-state index in [1.807, 2.05) is 29.9 Å². The zero-order valence-corrected chi connectivity index (χ0v) is 21.3. The van der Waals surface area contributed by atoms with Crippen LogP contribution in [-0.2, 0) is 7.05 Å². The Morgan fingerprint density at radius 3 is 2.63 bits per heavy atom. The lowest BCUT2D eigenvalue weighted by Gasteiger charge is -2.16. The number of nitrogens with one attached hydrogen (secondary N) is 1. The third-order valence-electron chi connectivity index (χ3n) is 4.96. The molecule has 1 saturated carbocycles. The first-order valence-corrected chi connectivity index (χ1v) is 12.4. The Labute approximate surface area is 196 Å². The molecular formula is C22H36ClN5S2. The number of hydrogen-bond donors (Lipinski definition) is 2. The lowest BCUT2D eigenvalue weighted by Crippen LogP contribution is -2.35. The standard InChI is InChI=1S/C15H18ClN3S2.C7H18N2/c1-19-15(17-11-5-3-2-4-6-11)21-14(18-19)10-7-8-12(16)13(20)9-10;1-5-8-7(2)6-9(3)4/h7-9,11,20H,2-6H2,1H3;7-8H,5-6H2,1-4H3. The highest BCUT2D eigenvalue weighted by Crippen LogP contribution is 2.27. The van der Waals surface area contributed by atoms with E-state index < -0.39 is 0 Å². The third kappa shape index (κ3) is 8.35. The Morgan fingerprint density at radius 2 is 2.03 bits per heavy atom. The summed E-state index contributed by atoms with van der Waals surface area (Å²) in [6.07, 6.45) is 6.35. The maximum atomic E-state index is 6.02. The van der Waals surface area contributed by atoms with Gasteiger partial charge in [-0.15, -0.1) is 12.6 Å². The molecule has 1 aromatic heterocycles. The normalized spacial score (nSPS) is 16.5. The first-order chi connectivity index (χ1) is 14.3. The van der Waals surface area contributed by atoms with Crippen molar-refractivity contribution in [2.45, 2.75) is 62.9 Å². The van der Waals surface area contributed by atoms with E-state index in [1.165, 1.54) is 32.1 Å². The van der Waals surface area contributed by atoms with Crippen LogP contribution < -0.4 is 10.1 Å². The monoisotopic (exact) mass is 469 g/mol. The number of hydrogen-bond acceptors (Lipinski definition) is 6. The highest BCUT2D eigenvalue weighted by atomic mass is 35.5. The van der Waals surface area contributed by atoms with E-state index in [9.17, 15) is 0 Å². The largest absolute Gasteiger partial charge is 0.313 e. The SMILES string of the molecule is CCNC(C)CN(C)C.Cn1nc(-c2ccc(Cl)c(S)c2)sc1=NC1CCCCC1. The van der Waals surface area contributed by atoms with Crippen molar-refractivity contribution < 1.29 is 0 Å². The Morgan fingerprint density at radius 1 is 1.33 bits per heavy atom. The number of likely N-dealkylation sites (N-methyl/N-ethyl adjacent to an activating group) is 2. The van der Waals surface area contributed by atoms with Gasteiger partial charge in [0, 0.05) is 30.1 Å². The molecular weight excluding hydrogens is 434 g/mol. The van der Waals surface area contributed by atoms with Crippen molar-refractivity contribution in [1.82, 2.24) is 20.0 Å². The molecule has 1 aromatic carbocycles. The molecule has 0 amide bonds. The zero-order chi connectivity index (χ0) is 22.1. The van der Waals surface area contributed by atoms with Crippen LogP contribution in [0.1, 0.15) is 46.0 Å². The van der Waals surface area contributed by atoms with Crippen LogP contribution in [0, 0.1) is 0 Å². The molecule has 0 aliphatic heterocycles. The molecule has 2 aromatic rings. The minimum absolute atomic E-state index is 0.462. The molecule has 1 unspecified atom stereocenters. The van der Waals surface area contributed by atoms with Gasteiger partial charge in [0.1, 0.15) is 5.01 Å². The molecule has 0 spiro atoms. The molecule has 1 N–H and O–H groups in total. The second-order valence-electron chi connectivity index (χ2n) is 8.12. The van der Waals surface area contributed by atoms with Gasteiger partial charge in [-0.25, -0.2) is 4.68 Å². The maximum Gasteiger partial charge on any atom is 0.203 e. The van der Waals surface area contributed by atoms with E-state index in [2.05, 4.69) is 55.9 Å². The highest BCUT2D eigenvalue weighted by Gasteiger charge is 2.13. The summed E-state index contributed by atoms with van der Waals surface area (Å²) < 4.78 is 1.88. The number of halogens is 1. The number of benzene rings is 1. The summed E-state index contributed by atoms with van der Waals surface area (Å²) in [4.78, 5) is 8.83. The fourth-order valence-corrected chi connectivity index (χ4v) is 4.84. The van der Waals surface area contributed by atoms with Gasteiger partial charge in [0.05, 0.1) is 11.1 Å². The quantitative estimate of drug-likeness (QED) is 0.593. The summed E-state index contributed by atoms with van der Waals surface area (Å²) in [5.41, 5.74) is 1.04. The minimum Gasteiger partial charge on any atom is -0.313 e. The van der Waals surface area contributed by atoms with Crippen LogP contribution in [0.4, 0.5) is 0 Å². The number of aryl methyl sites for hydroxylation is 1. The van der Waals surface area contributed by atoms with E-state index in [4.69, 9.17) is 16.6 Å². The molecule has 0 bridgehead atoms. The van der Waals surface area contributed by atoms with Gasteiger partial charge >= 0.3 is 0 Å². The zero-order valence-electron chi connectivity index (χ0n) is 18.9. The maximum absolute atomic E-state index is 6.02. The summed E-state index contributed by atoms with van der Waals surface area (Å²) in [7, 11) is 6.14. The van der Waals surface area contributed by atoms with E-state index >= 15 is 0 Å². The van der Waals surface area contributed by atoms with Gasteiger partial charge in [-0.2, -0.15) is 5.10 Å². The van der Waals surface area contributed by atoms with Crippen LogP contribution in [0.25, 0.3) is 10.6 Å². The average molecular weight is 470 g/mol. The first kappa shape index (κ1) is 25.4. The molecule has 1 heterocycles. The topological polar surface area (TPSA) is 45.5 Å². The summed E-state index contributed by atoms with van der Waals surface area (Å²) in [5, 5.41) is 9.54. The van der Waals surface area contributed by atoms with Gasteiger partial charge < -0.3 is 10.2 Å². The average Bonchev–Trinajstić information content (AvgIpc) is 3.05. The van der Waals surface area contributed by atoms with E-state index in [1.54, 1.807) is 11.3 Å². The fourth-order valence-electron chi connectivity index (χ4n) is 3.55. The van der Waals surface area contributed by atoms with Crippen molar-refractivity contribution in [2.75, 3.05) is 27.2 Å². The molecule has 3 rings (SSSR count). The van der Waals surface area contributed by atoms with Crippen LogP contribution in [0.15, 0.2) is 28.1 Å². The third-order valence-corrected chi connectivity index (χ3v) is 6.85. The molecule has 0 saturated heterocycles. The number of aromatic nitrogens is 2. The van der Waals surface area contributed by atoms with E-state index in [-0.39, 0.29) is 0 Å². The number of thiol groups is 1.